The molecule has 1 fully saturated rings. The van der Waals surface area contributed by atoms with Gasteiger partial charge in [-0.3, -0.25) is 9.47 Å². The zero-order valence-corrected chi connectivity index (χ0v) is 23.3. The van der Waals surface area contributed by atoms with Crippen molar-refractivity contribution in [3.63, 3.8) is 0 Å². The number of nitrogen functional groups attached to an aromatic ring is 1. The number of nitrogens with one attached hydrogen (secondary N) is 1. The minimum atomic E-state index is -0.209. The summed E-state index contributed by atoms with van der Waals surface area (Å²) in [6, 6.07) is 9.13. The number of imidazole rings is 1. The minimum Gasteiger partial charge on any atom is -0.463 e. The lowest BCUT2D eigenvalue weighted by Crippen LogP contribution is -2.34. The molecule has 0 bridgehead atoms. The van der Waals surface area contributed by atoms with Gasteiger partial charge >= 0.3 is 11.7 Å². The average Bonchev–Trinajstić information content (AvgIpc) is 3.25. The van der Waals surface area contributed by atoms with Crippen molar-refractivity contribution in [1.82, 2.24) is 29.3 Å². The molecule has 9 heteroatoms. The highest BCUT2D eigenvalue weighted by Gasteiger charge is 2.16. The van der Waals surface area contributed by atoms with Gasteiger partial charge in [-0.15, -0.1) is 0 Å². The lowest BCUT2D eigenvalue weighted by molar-refractivity contribution is 0.197. The number of aryl methyl sites for hydroxylation is 2. The van der Waals surface area contributed by atoms with Crippen LogP contribution in [0.2, 0.25) is 0 Å². The summed E-state index contributed by atoms with van der Waals surface area (Å²) in [6.07, 6.45) is 8.98. The van der Waals surface area contributed by atoms with E-state index in [0.717, 1.165) is 58.3 Å². The molecular formula is C29H45N7O2. The molecule has 0 unspecified atom stereocenters. The molecule has 38 heavy (non-hydrogen) atoms. The van der Waals surface area contributed by atoms with Crippen LogP contribution in [-0.2, 0) is 19.5 Å². The highest BCUT2D eigenvalue weighted by molar-refractivity contribution is 5.81. The number of anilines is 1. The molecule has 9 nitrogen and oxygen atoms in total. The summed E-state index contributed by atoms with van der Waals surface area (Å²) in [7, 11) is 0. The van der Waals surface area contributed by atoms with Gasteiger partial charge in [0.05, 0.1) is 6.61 Å². The second kappa shape index (κ2) is 14.3. The molecule has 0 aliphatic carbocycles. The van der Waals surface area contributed by atoms with Gasteiger partial charge in [0, 0.05) is 19.6 Å². The number of ether oxygens (including phenoxy) is 1. The van der Waals surface area contributed by atoms with Crippen LogP contribution >= 0.6 is 0 Å². The minimum absolute atomic E-state index is 0.209. The van der Waals surface area contributed by atoms with E-state index in [9.17, 15) is 4.79 Å². The molecule has 0 amide bonds. The first-order valence-electron chi connectivity index (χ1n) is 14.5. The number of likely N-dealkylation sites (tertiary alicyclic amines) is 1. The number of hydrogen-bond donors (Lipinski definition) is 2. The smallest absolute Gasteiger partial charge is 0.327 e. The van der Waals surface area contributed by atoms with E-state index < -0.39 is 0 Å². The molecular weight excluding hydrogens is 478 g/mol. The Hall–Kier alpha value is -2.91. The van der Waals surface area contributed by atoms with Crippen LogP contribution in [0.15, 0.2) is 29.1 Å². The summed E-state index contributed by atoms with van der Waals surface area (Å²) < 4.78 is 7.35. The molecule has 208 valence electrons. The number of aromatic amines is 1. The van der Waals surface area contributed by atoms with Crippen LogP contribution in [0.3, 0.4) is 0 Å². The van der Waals surface area contributed by atoms with Gasteiger partial charge in [-0.25, -0.2) is 4.79 Å². The van der Waals surface area contributed by atoms with Crippen LogP contribution in [-0.4, -0.2) is 68.6 Å². The van der Waals surface area contributed by atoms with Crippen LogP contribution in [0.25, 0.3) is 11.2 Å². The number of aromatic nitrogens is 4. The maximum Gasteiger partial charge on any atom is 0.327 e. The summed E-state index contributed by atoms with van der Waals surface area (Å²) in [5, 5.41) is 0. The maximum absolute atomic E-state index is 12.8. The van der Waals surface area contributed by atoms with Crippen LogP contribution in [0.4, 0.5) is 5.82 Å². The van der Waals surface area contributed by atoms with E-state index in [-0.39, 0.29) is 17.5 Å². The van der Waals surface area contributed by atoms with Gasteiger partial charge in [0.25, 0.3) is 0 Å². The molecule has 2 aromatic heterocycles. The zero-order valence-electron chi connectivity index (χ0n) is 23.3. The predicted octanol–water partition coefficient (Wildman–Crippen LogP) is 4.21. The van der Waals surface area contributed by atoms with Gasteiger partial charge < -0.3 is 20.4 Å². The number of rotatable bonds is 15. The normalized spacial score (nSPS) is 14.5. The molecule has 0 spiro atoms. The number of piperidine rings is 1. The van der Waals surface area contributed by atoms with Crippen molar-refractivity contribution in [3.8, 4) is 6.01 Å². The Kier molecular flexibility index (Phi) is 10.6. The second-order valence-corrected chi connectivity index (χ2v) is 10.4. The van der Waals surface area contributed by atoms with Crippen molar-refractivity contribution in [1.29, 1.82) is 0 Å². The Balaban J connectivity index is 1.41. The van der Waals surface area contributed by atoms with Crippen molar-refractivity contribution in [3.05, 3.63) is 45.9 Å². The molecule has 1 aliphatic rings. The van der Waals surface area contributed by atoms with Crippen LogP contribution in [0, 0.1) is 0 Å². The summed E-state index contributed by atoms with van der Waals surface area (Å²) in [5.41, 5.74) is 9.62. The summed E-state index contributed by atoms with van der Waals surface area (Å²) >= 11 is 0. The quantitative estimate of drug-likeness (QED) is 0.288. The number of benzene rings is 1. The average molecular weight is 524 g/mol. The van der Waals surface area contributed by atoms with Gasteiger partial charge in [-0.1, -0.05) is 51.0 Å². The van der Waals surface area contributed by atoms with Crippen molar-refractivity contribution in [2.75, 3.05) is 45.1 Å². The molecule has 3 aromatic rings. The van der Waals surface area contributed by atoms with Crippen LogP contribution in [0.1, 0.15) is 69.9 Å². The summed E-state index contributed by atoms with van der Waals surface area (Å²) in [5.74, 6) is 0.243. The fraction of sp³-hybridized carbons (Fsp3) is 0.621. The van der Waals surface area contributed by atoms with E-state index in [2.05, 4.69) is 62.9 Å². The SMILES string of the molecule is CCCCOc1nc(N)c2[nH]c(=O)n(CCCN(CCCN3CCCCC3)Cc3cccc(CC)c3)c2n1. The third-order valence-corrected chi connectivity index (χ3v) is 7.42. The van der Waals surface area contributed by atoms with E-state index in [1.165, 1.54) is 43.5 Å². The molecule has 1 aliphatic heterocycles. The van der Waals surface area contributed by atoms with Gasteiger partial charge in [-0.05, 0) is 75.8 Å². The Morgan fingerprint density at radius 1 is 1.03 bits per heavy atom. The van der Waals surface area contributed by atoms with Gasteiger partial charge in [-0.2, -0.15) is 9.97 Å². The molecule has 0 saturated carbocycles. The van der Waals surface area contributed by atoms with Crippen molar-refractivity contribution < 1.29 is 4.74 Å². The fourth-order valence-electron chi connectivity index (χ4n) is 5.24. The number of H-pyrrole nitrogens is 1. The summed E-state index contributed by atoms with van der Waals surface area (Å²) in [6.45, 7) is 11.9. The first-order chi connectivity index (χ1) is 18.6. The van der Waals surface area contributed by atoms with E-state index in [0.29, 0.717) is 24.3 Å². The highest BCUT2D eigenvalue weighted by Crippen LogP contribution is 2.18. The highest BCUT2D eigenvalue weighted by atomic mass is 16.5. The lowest BCUT2D eigenvalue weighted by atomic mass is 10.1. The molecule has 0 atom stereocenters. The molecule has 3 N–H and O–H groups in total. The van der Waals surface area contributed by atoms with Gasteiger partial charge in [0.15, 0.2) is 11.5 Å². The maximum atomic E-state index is 12.8. The van der Waals surface area contributed by atoms with E-state index in [4.69, 9.17) is 10.5 Å². The lowest BCUT2D eigenvalue weighted by Gasteiger charge is -2.28. The Labute approximate surface area is 226 Å². The Bertz CT molecular complexity index is 1200. The van der Waals surface area contributed by atoms with E-state index >= 15 is 0 Å². The van der Waals surface area contributed by atoms with E-state index in [1.54, 1.807) is 4.57 Å². The molecule has 0 radical (unpaired) electrons. The number of hydrogen-bond acceptors (Lipinski definition) is 7. The van der Waals surface area contributed by atoms with Gasteiger partial charge in [0.2, 0.25) is 0 Å². The third-order valence-electron chi connectivity index (χ3n) is 7.42. The van der Waals surface area contributed by atoms with Crippen molar-refractivity contribution >= 4 is 17.0 Å². The Morgan fingerprint density at radius 3 is 2.55 bits per heavy atom. The van der Waals surface area contributed by atoms with E-state index in [1.807, 2.05) is 0 Å². The largest absolute Gasteiger partial charge is 0.463 e. The number of nitrogens with two attached hydrogens (primary N) is 1. The summed E-state index contributed by atoms with van der Waals surface area (Å²) in [4.78, 5) is 29.5. The molecule has 1 aromatic carbocycles. The molecule has 1 saturated heterocycles. The third kappa shape index (κ3) is 7.80. The second-order valence-electron chi connectivity index (χ2n) is 10.4. The van der Waals surface area contributed by atoms with Crippen molar-refractivity contribution in [2.24, 2.45) is 0 Å². The number of fused-ring (bicyclic) bond motifs is 1. The molecule has 4 rings (SSSR count). The van der Waals surface area contributed by atoms with Gasteiger partial charge in [0.1, 0.15) is 5.52 Å². The Morgan fingerprint density at radius 2 is 1.79 bits per heavy atom. The monoisotopic (exact) mass is 523 g/mol. The first-order valence-corrected chi connectivity index (χ1v) is 14.5. The standard InChI is InChI=1S/C29H45N7O2/c1-3-5-20-38-28-32-26(30)25-27(33-28)36(29(37)31-25)19-11-18-35(17-10-16-34-14-7-6-8-15-34)22-24-13-9-12-23(4-2)21-24/h9,12-13,21H,3-8,10-11,14-20,22H2,1-2H3,(H,31,37)(H2,30,32,33). The van der Waals surface area contributed by atoms with Crippen molar-refractivity contribution in [2.45, 2.75) is 78.3 Å². The first kappa shape index (κ1) is 28.1. The molecule has 3 heterocycles. The fourth-order valence-corrected chi connectivity index (χ4v) is 5.24. The van der Waals surface area contributed by atoms with Crippen LogP contribution in [0.5, 0.6) is 6.01 Å². The zero-order chi connectivity index (χ0) is 26.7. The number of nitrogens with zero attached hydrogens (tertiary/aromatic N) is 5. The predicted molar refractivity (Wildman–Crippen MR) is 154 cm³/mol. The topological polar surface area (TPSA) is 105 Å². The van der Waals surface area contributed by atoms with Crippen LogP contribution < -0.4 is 16.2 Å². The number of unbranched alkanes of at least 4 members (excludes halogenated alkanes) is 1.